The molecule has 1 saturated heterocycles. The molecule has 0 aliphatic carbocycles. The molecule has 1 amide bonds. The summed E-state index contributed by atoms with van der Waals surface area (Å²) in [7, 11) is -3.93. The van der Waals surface area contributed by atoms with Gasteiger partial charge in [-0.15, -0.1) is 0 Å². The topological polar surface area (TPSA) is 120 Å². The van der Waals surface area contributed by atoms with Gasteiger partial charge in [0.05, 0.1) is 10.3 Å². The molecule has 0 saturated carbocycles. The Morgan fingerprint density at radius 3 is 2.65 bits per heavy atom. The summed E-state index contributed by atoms with van der Waals surface area (Å²) >= 11 is 0. The number of benzene rings is 1. The van der Waals surface area contributed by atoms with E-state index in [1.807, 2.05) is 17.0 Å². The Morgan fingerprint density at radius 2 is 1.94 bits per heavy atom. The van der Waals surface area contributed by atoms with Gasteiger partial charge in [-0.3, -0.25) is 4.79 Å². The van der Waals surface area contributed by atoms with E-state index in [9.17, 15) is 13.2 Å². The van der Waals surface area contributed by atoms with E-state index in [0.717, 1.165) is 44.1 Å². The number of hydrogen-bond donors (Lipinski definition) is 3. The number of rotatable bonds is 5. The summed E-state index contributed by atoms with van der Waals surface area (Å²) < 4.78 is 26.5. The first kappa shape index (κ1) is 23.5. The maximum Gasteiger partial charge on any atom is 0.264 e. The smallest absolute Gasteiger partial charge is 0.264 e. The van der Waals surface area contributed by atoms with Gasteiger partial charge in [0, 0.05) is 61.5 Å². The van der Waals surface area contributed by atoms with Crippen LogP contribution in [0.25, 0.3) is 11.0 Å². The van der Waals surface area contributed by atoms with Gasteiger partial charge in [0.25, 0.3) is 10.0 Å². The first-order valence-corrected chi connectivity index (χ1v) is 11.3. The molecule has 3 aromatic rings. The van der Waals surface area contributed by atoms with Crippen LogP contribution in [-0.2, 0) is 14.8 Å². The van der Waals surface area contributed by atoms with Crippen LogP contribution in [0.5, 0.6) is 0 Å². The van der Waals surface area contributed by atoms with Gasteiger partial charge in [0.1, 0.15) is 11.5 Å². The van der Waals surface area contributed by atoms with Crippen molar-refractivity contribution < 1.29 is 13.2 Å². The van der Waals surface area contributed by atoms with Crippen LogP contribution in [0.4, 0.5) is 17.5 Å². The number of carbonyl (C=O) groups is 1. The van der Waals surface area contributed by atoms with E-state index in [1.165, 1.54) is 12.1 Å². The molecule has 31 heavy (non-hydrogen) atoms. The molecule has 3 N–H and O–H groups in total. The molecule has 159 valence electrons. The maximum atomic E-state index is 12.3. The summed E-state index contributed by atoms with van der Waals surface area (Å²) in [6, 6.07) is 8.14. The van der Waals surface area contributed by atoms with Crippen LogP contribution < -0.4 is 14.9 Å². The van der Waals surface area contributed by atoms with Gasteiger partial charge in [0.2, 0.25) is 11.9 Å². The normalized spacial score (nSPS) is 14.8. The SMILES string of the molecule is CC(=O)NS(=O)(=O)c1cccc(Nc2nc(N3CCC(C)CC3)c3cc[nH]c3n2)c1.[Na]. The number of aromatic amines is 1. The van der Waals surface area contributed by atoms with E-state index < -0.39 is 15.9 Å². The van der Waals surface area contributed by atoms with E-state index in [-0.39, 0.29) is 34.5 Å². The molecule has 1 radical (unpaired) electrons. The molecule has 0 atom stereocenters. The second kappa shape index (κ2) is 9.56. The molecule has 0 spiro atoms. The Hall–Kier alpha value is -2.14. The van der Waals surface area contributed by atoms with Crippen molar-refractivity contribution in [3.05, 3.63) is 36.5 Å². The minimum absolute atomic E-state index is 0. The summed E-state index contributed by atoms with van der Waals surface area (Å²) in [5.41, 5.74) is 1.22. The number of H-pyrrole nitrogens is 1. The van der Waals surface area contributed by atoms with Crippen molar-refractivity contribution >= 4 is 74.0 Å². The monoisotopic (exact) mass is 451 g/mol. The van der Waals surface area contributed by atoms with Crippen molar-refractivity contribution in [3.63, 3.8) is 0 Å². The van der Waals surface area contributed by atoms with Gasteiger partial charge in [-0.05, 0) is 43.0 Å². The van der Waals surface area contributed by atoms with E-state index >= 15 is 0 Å². The van der Waals surface area contributed by atoms with Gasteiger partial charge in [-0.25, -0.2) is 13.1 Å². The third-order valence-electron chi connectivity index (χ3n) is 5.16. The summed E-state index contributed by atoms with van der Waals surface area (Å²) in [4.78, 5) is 25.8. The second-order valence-electron chi connectivity index (χ2n) is 7.59. The summed E-state index contributed by atoms with van der Waals surface area (Å²) in [6.45, 7) is 5.28. The number of hydrogen-bond acceptors (Lipinski definition) is 7. The second-order valence-corrected chi connectivity index (χ2v) is 9.28. The van der Waals surface area contributed by atoms with Crippen LogP contribution in [0, 0.1) is 5.92 Å². The number of aromatic nitrogens is 3. The van der Waals surface area contributed by atoms with Gasteiger partial charge < -0.3 is 15.2 Å². The summed E-state index contributed by atoms with van der Waals surface area (Å²) in [6.07, 6.45) is 4.06. The number of anilines is 3. The fourth-order valence-corrected chi connectivity index (χ4v) is 4.60. The zero-order chi connectivity index (χ0) is 21.3. The van der Waals surface area contributed by atoms with Gasteiger partial charge in [0.15, 0.2) is 0 Å². The standard InChI is InChI=1S/C20H24N6O3S.Na/c1-13-7-10-26(11-8-13)19-17-6-9-21-18(17)23-20(24-19)22-15-4-3-5-16(12-15)30(28,29)25-14(2)27;/h3-6,9,12-13H,7-8,10-11H2,1-2H3,(H,25,27)(H2,21,22,23,24);. The molecular weight excluding hydrogens is 427 g/mol. The molecule has 1 aromatic carbocycles. The van der Waals surface area contributed by atoms with Crippen molar-refractivity contribution in [1.29, 1.82) is 0 Å². The Balaban J connectivity index is 0.00000272. The molecule has 1 aliphatic rings. The molecule has 4 rings (SSSR count). The van der Waals surface area contributed by atoms with E-state index in [4.69, 9.17) is 4.98 Å². The first-order valence-electron chi connectivity index (χ1n) is 9.82. The van der Waals surface area contributed by atoms with Crippen LogP contribution in [0.15, 0.2) is 41.4 Å². The van der Waals surface area contributed by atoms with Crippen molar-refractivity contribution in [3.8, 4) is 0 Å². The van der Waals surface area contributed by atoms with Gasteiger partial charge in [-0.1, -0.05) is 13.0 Å². The molecule has 3 heterocycles. The third-order valence-corrected chi connectivity index (χ3v) is 6.59. The van der Waals surface area contributed by atoms with E-state index in [2.05, 4.69) is 27.1 Å². The zero-order valence-electron chi connectivity index (χ0n) is 17.8. The molecule has 0 unspecified atom stereocenters. The number of nitrogens with zero attached hydrogens (tertiary/aromatic N) is 3. The predicted molar refractivity (Wildman–Crippen MR) is 121 cm³/mol. The minimum Gasteiger partial charge on any atom is -0.356 e. The fraction of sp³-hybridized carbons (Fsp3) is 0.350. The summed E-state index contributed by atoms with van der Waals surface area (Å²) in [5, 5.41) is 4.05. The number of fused-ring (bicyclic) bond motifs is 1. The number of amides is 1. The molecule has 9 nitrogen and oxygen atoms in total. The van der Waals surface area contributed by atoms with Crippen LogP contribution in [0.3, 0.4) is 0 Å². The Morgan fingerprint density at radius 1 is 1.19 bits per heavy atom. The van der Waals surface area contributed by atoms with E-state index in [1.54, 1.807) is 12.1 Å². The Bertz CT molecular complexity index is 1190. The van der Waals surface area contributed by atoms with Crippen molar-refractivity contribution in [2.45, 2.75) is 31.6 Å². The van der Waals surface area contributed by atoms with Crippen molar-refractivity contribution in [2.24, 2.45) is 5.92 Å². The number of nitrogens with one attached hydrogen (secondary N) is 3. The van der Waals surface area contributed by atoms with E-state index in [0.29, 0.717) is 23.2 Å². The first-order chi connectivity index (χ1) is 14.3. The van der Waals surface area contributed by atoms with Crippen molar-refractivity contribution in [2.75, 3.05) is 23.3 Å². The summed E-state index contributed by atoms with van der Waals surface area (Å²) in [5.74, 6) is 1.29. The number of piperidine rings is 1. The largest absolute Gasteiger partial charge is 0.356 e. The maximum absolute atomic E-state index is 12.3. The predicted octanol–water partition coefficient (Wildman–Crippen LogP) is 2.38. The number of carbonyl (C=O) groups excluding carboxylic acids is 1. The molecule has 1 aliphatic heterocycles. The Kier molecular flexibility index (Phi) is 7.25. The average molecular weight is 452 g/mol. The van der Waals surface area contributed by atoms with Crippen molar-refractivity contribution in [1.82, 2.24) is 19.7 Å². The minimum atomic E-state index is -3.93. The van der Waals surface area contributed by atoms with Crippen LogP contribution in [0.1, 0.15) is 26.7 Å². The van der Waals surface area contributed by atoms with Crippen LogP contribution >= 0.6 is 0 Å². The quantitative estimate of drug-likeness (QED) is 0.510. The zero-order valence-corrected chi connectivity index (χ0v) is 20.7. The molecule has 1 fully saturated rings. The van der Waals surface area contributed by atoms with Crippen LogP contribution in [0.2, 0.25) is 0 Å². The molecule has 2 aromatic heterocycles. The average Bonchev–Trinajstić information content (AvgIpc) is 3.16. The molecule has 11 heteroatoms. The van der Waals surface area contributed by atoms with Gasteiger partial charge >= 0.3 is 0 Å². The van der Waals surface area contributed by atoms with Crippen LogP contribution in [-0.4, -0.2) is 71.9 Å². The van der Waals surface area contributed by atoms with Gasteiger partial charge in [-0.2, -0.15) is 9.97 Å². The molecular formula is C20H24N6NaO3S. The fourth-order valence-electron chi connectivity index (χ4n) is 3.56. The Labute approximate surface area is 203 Å². The molecule has 0 bridgehead atoms. The number of sulfonamides is 1. The third kappa shape index (κ3) is 5.38.